The van der Waals surface area contributed by atoms with E-state index < -0.39 is 11.4 Å². The standard InChI is InChI=1S/C15H16ClNO4/c1-15(2,3)13-11(14(18)19)12(17-21-13)10-8(16)6-5-7-9(10)20-4/h5-7H,1-4H3,(H,18,19). The number of benzene rings is 1. The van der Waals surface area contributed by atoms with Gasteiger partial charge in [-0.1, -0.05) is 43.6 Å². The molecule has 0 bridgehead atoms. The van der Waals surface area contributed by atoms with Gasteiger partial charge in [0.1, 0.15) is 17.0 Å². The second-order valence-corrected chi connectivity index (χ2v) is 6.01. The summed E-state index contributed by atoms with van der Waals surface area (Å²) in [5, 5.41) is 13.8. The normalized spacial score (nSPS) is 11.5. The van der Waals surface area contributed by atoms with Crippen LogP contribution in [0.1, 0.15) is 36.9 Å². The van der Waals surface area contributed by atoms with Crippen molar-refractivity contribution in [1.82, 2.24) is 5.16 Å². The van der Waals surface area contributed by atoms with Gasteiger partial charge in [-0.15, -0.1) is 0 Å². The maximum atomic E-state index is 11.7. The summed E-state index contributed by atoms with van der Waals surface area (Å²) in [4.78, 5) is 11.7. The lowest BCUT2D eigenvalue weighted by molar-refractivity contribution is 0.0693. The summed E-state index contributed by atoms with van der Waals surface area (Å²) in [5.41, 5.74) is 0.107. The van der Waals surface area contributed by atoms with Crippen molar-refractivity contribution in [3.05, 3.63) is 34.5 Å². The number of carboxylic acid groups (broad SMARTS) is 1. The summed E-state index contributed by atoms with van der Waals surface area (Å²) in [6, 6.07) is 5.06. The zero-order chi connectivity index (χ0) is 15.8. The molecule has 5 nitrogen and oxygen atoms in total. The largest absolute Gasteiger partial charge is 0.496 e. The van der Waals surface area contributed by atoms with Crippen LogP contribution in [0.2, 0.25) is 5.02 Å². The van der Waals surface area contributed by atoms with Gasteiger partial charge in [-0.05, 0) is 12.1 Å². The van der Waals surface area contributed by atoms with Gasteiger partial charge in [0.15, 0.2) is 5.76 Å². The monoisotopic (exact) mass is 309 g/mol. The Morgan fingerprint density at radius 1 is 1.38 bits per heavy atom. The molecule has 0 fully saturated rings. The van der Waals surface area contributed by atoms with Crippen molar-refractivity contribution in [2.24, 2.45) is 0 Å². The minimum atomic E-state index is -1.11. The molecule has 0 aliphatic rings. The van der Waals surface area contributed by atoms with Crippen LogP contribution in [0.25, 0.3) is 11.3 Å². The highest BCUT2D eigenvalue weighted by atomic mass is 35.5. The van der Waals surface area contributed by atoms with Crippen molar-refractivity contribution in [1.29, 1.82) is 0 Å². The van der Waals surface area contributed by atoms with Crippen LogP contribution in [-0.4, -0.2) is 23.3 Å². The molecule has 1 aromatic heterocycles. The van der Waals surface area contributed by atoms with Crippen LogP contribution >= 0.6 is 11.6 Å². The Kier molecular flexibility index (Phi) is 3.96. The SMILES string of the molecule is COc1cccc(Cl)c1-c1noc(C(C)(C)C)c1C(=O)O. The first-order valence-corrected chi connectivity index (χ1v) is 6.71. The van der Waals surface area contributed by atoms with Gasteiger partial charge in [0.05, 0.1) is 17.7 Å². The molecule has 1 N–H and O–H groups in total. The molecule has 0 spiro atoms. The van der Waals surface area contributed by atoms with E-state index in [-0.39, 0.29) is 11.3 Å². The summed E-state index contributed by atoms with van der Waals surface area (Å²) in [6.45, 7) is 5.56. The molecule has 2 aromatic rings. The zero-order valence-corrected chi connectivity index (χ0v) is 13.0. The van der Waals surface area contributed by atoms with Crippen LogP contribution < -0.4 is 4.74 Å². The summed E-state index contributed by atoms with van der Waals surface area (Å²) >= 11 is 6.19. The highest BCUT2D eigenvalue weighted by molar-refractivity contribution is 6.33. The number of carbonyl (C=O) groups is 1. The van der Waals surface area contributed by atoms with E-state index in [1.165, 1.54) is 7.11 Å². The van der Waals surface area contributed by atoms with E-state index in [1.54, 1.807) is 18.2 Å². The van der Waals surface area contributed by atoms with Crippen molar-refractivity contribution < 1.29 is 19.2 Å². The zero-order valence-electron chi connectivity index (χ0n) is 12.2. The van der Waals surface area contributed by atoms with E-state index in [4.69, 9.17) is 20.9 Å². The predicted octanol–water partition coefficient (Wildman–Crippen LogP) is 4.00. The van der Waals surface area contributed by atoms with Gasteiger partial charge in [-0.25, -0.2) is 4.79 Å². The lowest BCUT2D eigenvalue weighted by Gasteiger charge is -2.15. The summed E-state index contributed by atoms with van der Waals surface area (Å²) < 4.78 is 10.5. The van der Waals surface area contributed by atoms with Crippen LogP contribution in [0.5, 0.6) is 5.75 Å². The van der Waals surface area contributed by atoms with Crippen molar-refractivity contribution >= 4 is 17.6 Å². The number of hydrogen-bond acceptors (Lipinski definition) is 4. The minimum absolute atomic E-state index is 0.00824. The van der Waals surface area contributed by atoms with Gasteiger partial charge < -0.3 is 14.4 Å². The average Bonchev–Trinajstić information content (AvgIpc) is 2.82. The third-order valence-electron chi connectivity index (χ3n) is 3.02. The van der Waals surface area contributed by atoms with E-state index in [0.717, 1.165) is 0 Å². The molecule has 0 unspecified atom stereocenters. The van der Waals surface area contributed by atoms with Crippen molar-refractivity contribution in [3.8, 4) is 17.0 Å². The molecule has 112 valence electrons. The second kappa shape index (κ2) is 5.41. The molecule has 0 amide bonds. The van der Waals surface area contributed by atoms with E-state index in [1.807, 2.05) is 20.8 Å². The summed E-state index contributed by atoms with van der Waals surface area (Å²) in [6.07, 6.45) is 0. The fourth-order valence-electron chi connectivity index (χ4n) is 2.08. The molecule has 0 saturated carbocycles. The number of ether oxygens (including phenoxy) is 1. The quantitative estimate of drug-likeness (QED) is 0.927. The molecule has 0 atom stereocenters. The number of carboxylic acids is 1. The van der Waals surface area contributed by atoms with E-state index in [9.17, 15) is 9.90 Å². The number of methoxy groups -OCH3 is 1. The smallest absolute Gasteiger partial charge is 0.341 e. The van der Waals surface area contributed by atoms with Crippen LogP contribution in [0, 0.1) is 0 Å². The van der Waals surface area contributed by atoms with Crippen molar-refractivity contribution in [3.63, 3.8) is 0 Å². The van der Waals surface area contributed by atoms with Gasteiger partial charge in [0, 0.05) is 5.41 Å². The third-order valence-corrected chi connectivity index (χ3v) is 3.33. The Morgan fingerprint density at radius 2 is 2.05 bits per heavy atom. The lowest BCUT2D eigenvalue weighted by Crippen LogP contribution is -2.15. The number of hydrogen-bond donors (Lipinski definition) is 1. The Morgan fingerprint density at radius 3 is 2.57 bits per heavy atom. The first kappa shape index (κ1) is 15.4. The first-order valence-electron chi connectivity index (χ1n) is 6.33. The van der Waals surface area contributed by atoms with Gasteiger partial charge in [-0.3, -0.25) is 0 Å². The number of aromatic nitrogens is 1. The predicted molar refractivity (Wildman–Crippen MR) is 79.2 cm³/mol. The maximum absolute atomic E-state index is 11.7. The summed E-state index contributed by atoms with van der Waals surface area (Å²) in [7, 11) is 1.49. The van der Waals surface area contributed by atoms with Crippen LogP contribution in [-0.2, 0) is 5.41 Å². The second-order valence-electron chi connectivity index (χ2n) is 5.61. The highest BCUT2D eigenvalue weighted by Gasteiger charge is 2.33. The number of aromatic carboxylic acids is 1. The number of halogens is 1. The molecule has 2 rings (SSSR count). The van der Waals surface area contributed by atoms with E-state index in [2.05, 4.69) is 5.16 Å². The molecule has 1 aromatic carbocycles. The fourth-order valence-corrected chi connectivity index (χ4v) is 2.33. The van der Waals surface area contributed by atoms with Crippen molar-refractivity contribution in [2.45, 2.75) is 26.2 Å². The van der Waals surface area contributed by atoms with Crippen LogP contribution in [0.15, 0.2) is 22.7 Å². The van der Waals surface area contributed by atoms with Gasteiger partial charge in [0.25, 0.3) is 0 Å². The Bertz CT molecular complexity index is 685. The minimum Gasteiger partial charge on any atom is -0.496 e. The molecule has 6 heteroatoms. The van der Waals surface area contributed by atoms with Gasteiger partial charge >= 0.3 is 5.97 Å². The maximum Gasteiger partial charge on any atom is 0.341 e. The van der Waals surface area contributed by atoms with E-state index >= 15 is 0 Å². The summed E-state index contributed by atoms with van der Waals surface area (Å²) in [5.74, 6) is -0.371. The van der Waals surface area contributed by atoms with Crippen LogP contribution in [0.3, 0.4) is 0 Å². The fraction of sp³-hybridized carbons (Fsp3) is 0.333. The average molecular weight is 310 g/mol. The number of rotatable bonds is 3. The Balaban J connectivity index is 2.78. The molecule has 0 aliphatic heterocycles. The van der Waals surface area contributed by atoms with E-state index in [0.29, 0.717) is 22.1 Å². The Hall–Kier alpha value is -2.01. The lowest BCUT2D eigenvalue weighted by atomic mass is 9.88. The van der Waals surface area contributed by atoms with Gasteiger partial charge in [0.2, 0.25) is 0 Å². The highest BCUT2D eigenvalue weighted by Crippen LogP contribution is 2.40. The Labute approximate surface area is 127 Å². The molecule has 0 saturated heterocycles. The molecule has 21 heavy (non-hydrogen) atoms. The van der Waals surface area contributed by atoms with Crippen LogP contribution in [0.4, 0.5) is 0 Å². The van der Waals surface area contributed by atoms with Crippen molar-refractivity contribution in [2.75, 3.05) is 7.11 Å². The van der Waals surface area contributed by atoms with Gasteiger partial charge in [-0.2, -0.15) is 0 Å². The first-order chi connectivity index (χ1) is 9.77. The third kappa shape index (κ3) is 2.74. The number of nitrogens with zero attached hydrogens (tertiary/aromatic N) is 1. The molecular formula is C15H16ClNO4. The molecule has 1 heterocycles. The molecular weight excluding hydrogens is 294 g/mol. The molecule has 0 radical (unpaired) electrons. The molecule has 0 aliphatic carbocycles. The topological polar surface area (TPSA) is 72.6 Å².